The van der Waals surface area contributed by atoms with E-state index in [1.165, 1.54) is 6.42 Å². The number of anilines is 1. The van der Waals surface area contributed by atoms with Crippen molar-refractivity contribution >= 4 is 5.69 Å². The molecule has 0 saturated heterocycles. The van der Waals surface area contributed by atoms with Gasteiger partial charge in [0.1, 0.15) is 0 Å². The second kappa shape index (κ2) is 4.26. The summed E-state index contributed by atoms with van der Waals surface area (Å²) in [6.07, 6.45) is 2.25. The van der Waals surface area contributed by atoms with Gasteiger partial charge in [-0.1, -0.05) is 13.8 Å². The Morgan fingerprint density at radius 1 is 1.38 bits per heavy atom. The minimum atomic E-state index is 0.736. The molecule has 1 heterocycles. The SMILES string of the molecule is Cc1nc(CCC(C)C)ccc1N. The van der Waals surface area contributed by atoms with Crippen LogP contribution in [0, 0.1) is 12.8 Å². The van der Waals surface area contributed by atoms with Crippen molar-refractivity contribution in [2.75, 3.05) is 5.73 Å². The molecule has 0 aliphatic heterocycles. The van der Waals surface area contributed by atoms with Crippen LogP contribution in [0.1, 0.15) is 31.7 Å². The molecule has 72 valence electrons. The highest BCUT2D eigenvalue weighted by Crippen LogP contribution is 2.11. The highest BCUT2D eigenvalue weighted by Gasteiger charge is 2.00. The predicted octanol–water partition coefficient (Wildman–Crippen LogP) is 2.56. The van der Waals surface area contributed by atoms with E-state index >= 15 is 0 Å². The summed E-state index contributed by atoms with van der Waals surface area (Å²) in [6.45, 7) is 6.41. The van der Waals surface area contributed by atoms with Gasteiger partial charge in [-0.15, -0.1) is 0 Å². The maximum atomic E-state index is 5.68. The van der Waals surface area contributed by atoms with Gasteiger partial charge in [-0.05, 0) is 37.8 Å². The van der Waals surface area contributed by atoms with E-state index in [1.54, 1.807) is 0 Å². The van der Waals surface area contributed by atoms with Gasteiger partial charge in [0.15, 0.2) is 0 Å². The zero-order chi connectivity index (χ0) is 9.84. The van der Waals surface area contributed by atoms with Crippen LogP contribution in [0.3, 0.4) is 0 Å². The van der Waals surface area contributed by atoms with Gasteiger partial charge in [0.05, 0.1) is 11.4 Å². The van der Waals surface area contributed by atoms with Crippen molar-refractivity contribution in [1.82, 2.24) is 4.98 Å². The van der Waals surface area contributed by atoms with Crippen LogP contribution in [-0.4, -0.2) is 4.98 Å². The minimum Gasteiger partial charge on any atom is -0.397 e. The molecular formula is C11H18N2. The smallest absolute Gasteiger partial charge is 0.0604 e. The Bertz CT molecular complexity index is 279. The first kappa shape index (κ1) is 10.0. The van der Waals surface area contributed by atoms with Crippen LogP contribution in [-0.2, 0) is 6.42 Å². The second-order valence-corrected chi connectivity index (χ2v) is 3.91. The molecule has 0 spiro atoms. The molecule has 0 saturated carbocycles. The average Bonchev–Trinajstić information content (AvgIpc) is 2.07. The molecule has 0 aliphatic rings. The maximum Gasteiger partial charge on any atom is 0.0604 e. The Morgan fingerprint density at radius 3 is 2.62 bits per heavy atom. The number of nitrogens with two attached hydrogens (primary N) is 1. The molecule has 0 radical (unpaired) electrons. The number of nitrogens with zero attached hydrogens (tertiary/aromatic N) is 1. The lowest BCUT2D eigenvalue weighted by atomic mass is 10.1. The number of nitrogen functional groups attached to an aromatic ring is 1. The number of rotatable bonds is 3. The molecule has 0 unspecified atom stereocenters. The van der Waals surface area contributed by atoms with Crippen LogP contribution in [0.25, 0.3) is 0 Å². The first-order chi connectivity index (χ1) is 6.09. The number of pyridine rings is 1. The van der Waals surface area contributed by atoms with Crippen LogP contribution in [0.4, 0.5) is 5.69 Å². The number of aromatic nitrogens is 1. The topological polar surface area (TPSA) is 38.9 Å². The molecule has 1 aromatic rings. The standard InChI is InChI=1S/C11H18N2/c1-8(2)4-5-10-6-7-11(12)9(3)13-10/h6-8H,4-5,12H2,1-3H3. The average molecular weight is 178 g/mol. The first-order valence-corrected chi connectivity index (χ1v) is 4.81. The van der Waals surface area contributed by atoms with E-state index < -0.39 is 0 Å². The Labute approximate surface area is 80.2 Å². The van der Waals surface area contributed by atoms with E-state index in [0.717, 1.165) is 29.4 Å². The van der Waals surface area contributed by atoms with Gasteiger partial charge in [0.25, 0.3) is 0 Å². The van der Waals surface area contributed by atoms with E-state index in [0.29, 0.717) is 0 Å². The van der Waals surface area contributed by atoms with Gasteiger partial charge in [-0.2, -0.15) is 0 Å². The van der Waals surface area contributed by atoms with Crippen LogP contribution in [0.15, 0.2) is 12.1 Å². The van der Waals surface area contributed by atoms with E-state index in [-0.39, 0.29) is 0 Å². The summed E-state index contributed by atoms with van der Waals surface area (Å²) in [4.78, 5) is 4.42. The van der Waals surface area contributed by atoms with Gasteiger partial charge in [-0.3, -0.25) is 4.98 Å². The zero-order valence-corrected chi connectivity index (χ0v) is 8.67. The monoisotopic (exact) mass is 178 g/mol. The molecule has 2 nitrogen and oxygen atoms in total. The summed E-state index contributed by atoms with van der Waals surface area (Å²) in [5.41, 5.74) is 8.57. The molecule has 0 aliphatic carbocycles. The van der Waals surface area contributed by atoms with Crippen molar-refractivity contribution in [3.05, 3.63) is 23.5 Å². The molecule has 0 atom stereocenters. The fraction of sp³-hybridized carbons (Fsp3) is 0.545. The molecule has 1 aromatic heterocycles. The molecule has 0 fully saturated rings. The van der Waals surface area contributed by atoms with Crippen LogP contribution < -0.4 is 5.73 Å². The number of hydrogen-bond acceptors (Lipinski definition) is 2. The lowest BCUT2D eigenvalue weighted by molar-refractivity contribution is 0.581. The molecule has 13 heavy (non-hydrogen) atoms. The summed E-state index contributed by atoms with van der Waals surface area (Å²) in [7, 11) is 0. The first-order valence-electron chi connectivity index (χ1n) is 4.81. The van der Waals surface area contributed by atoms with Gasteiger partial charge in [-0.25, -0.2) is 0 Å². The Kier molecular flexibility index (Phi) is 3.29. The summed E-state index contributed by atoms with van der Waals surface area (Å²) >= 11 is 0. The van der Waals surface area contributed by atoms with Crippen molar-refractivity contribution in [1.29, 1.82) is 0 Å². The molecule has 0 bridgehead atoms. The van der Waals surface area contributed by atoms with Crippen molar-refractivity contribution in [2.45, 2.75) is 33.6 Å². The van der Waals surface area contributed by atoms with Gasteiger partial charge in [0, 0.05) is 5.69 Å². The van der Waals surface area contributed by atoms with E-state index in [1.807, 2.05) is 19.1 Å². The molecule has 0 amide bonds. The Balaban J connectivity index is 2.63. The largest absolute Gasteiger partial charge is 0.397 e. The van der Waals surface area contributed by atoms with Crippen molar-refractivity contribution < 1.29 is 0 Å². The highest BCUT2D eigenvalue weighted by atomic mass is 14.7. The molecule has 0 aromatic carbocycles. The van der Waals surface area contributed by atoms with Crippen molar-refractivity contribution in [2.24, 2.45) is 5.92 Å². The van der Waals surface area contributed by atoms with Crippen LogP contribution in [0.5, 0.6) is 0 Å². The lowest BCUT2D eigenvalue weighted by Crippen LogP contribution is -1.99. The third-order valence-corrected chi connectivity index (χ3v) is 2.16. The Hall–Kier alpha value is -1.05. The molecule has 2 N–H and O–H groups in total. The molecular weight excluding hydrogens is 160 g/mol. The molecule has 2 heteroatoms. The third kappa shape index (κ3) is 3.05. The Morgan fingerprint density at radius 2 is 2.08 bits per heavy atom. The fourth-order valence-corrected chi connectivity index (χ4v) is 1.20. The van der Waals surface area contributed by atoms with E-state index in [9.17, 15) is 0 Å². The predicted molar refractivity (Wildman–Crippen MR) is 56.5 cm³/mol. The van der Waals surface area contributed by atoms with Gasteiger partial charge >= 0.3 is 0 Å². The second-order valence-electron chi connectivity index (χ2n) is 3.91. The lowest BCUT2D eigenvalue weighted by Gasteiger charge is -2.05. The number of hydrogen-bond donors (Lipinski definition) is 1. The van der Waals surface area contributed by atoms with Crippen molar-refractivity contribution in [3.8, 4) is 0 Å². The fourth-order valence-electron chi connectivity index (χ4n) is 1.20. The third-order valence-electron chi connectivity index (χ3n) is 2.16. The number of aryl methyl sites for hydroxylation is 2. The normalized spacial score (nSPS) is 10.8. The maximum absolute atomic E-state index is 5.68. The summed E-state index contributed by atoms with van der Waals surface area (Å²) in [5, 5.41) is 0. The van der Waals surface area contributed by atoms with E-state index in [4.69, 9.17) is 5.73 Å². The van der Waals surface area contributed by atoms with Crippen LogP contribution in [0.2, 0.25) is 0 Å². The van der Waals surface area contributed by atoms with Gasteiger partial charge < -0.3 is 5.73 Å². The van der Waals surface area contributed by atoms with Crippen molar-refractivity contribution in [3.63, 3.8) is 0 Å². The highest BCUT2D eigenvalue weighted by molar-refractivity contribution is 5.42. The van der Waals surface area contributed by atoms with Crippen LogP contribution >= 0.6 is 0 Å². The van der Waals surface area contributed by atoms with Gasteiger partial charge in [0.2, 0.25) is 0 Å². The quantitative estimate of drug-likeness (QED) is 0.772. The summed E-state index contributed by atoms with van der Waals surface area (Å²) < 4.78 is 0. The van der Waals surface area contributed by atoms with E-state index in [2.05, 4.69) is 18.8 Å². The summed E-state index contributed by atoms with van der Waals surface area (Å²) in [5.74, 6) is 0.736. The molecule has 1 rings (SSSR count). The zero-order valence-electron chi connectivity index (χ0n) is 8.67. The minimum absolute atomic E-state index is 0.736. The summed E-state index contributed by atoms with van der Waals surface area (Å²) in [6, 6.07) is 3.96.